The summed E-state index contributed by atoms with van der Waals surface area (Å²) in [5, 5.41) is 0. The summed E-state index contributed by atoms with van der Waals surface area (Å²) in [6, 6.07) is 0. The van der Waals surface area contributed by atoms with Gasteiger partial charge in [0.1, 0.15) is 0 Å². The molecular formula is C17H60SV. The van der Waals surface area contributed by atoms with Gasteiger partial charge in [0, 0.05) is 0 Å². The summed E-state index contributed by atoms with van der Waals surface area (Å²) in [6.07, 6.45) is 5.33. The van der Waals surface area contributed by atoms with E-state index >= 15 is 0 Å². The van der Waals surface area contributed by atoms with Crippen LogP contribution in [-0.4, -0.2) is 12.5 Å². The van der Waals surface area contributed by atoms with Gasteiger partial charge in [-0.3, -0.25) is 0 Å². The Hall–Kier alpha value is 0.934. The number of thioether (sulfide) groups is 1. The summed E-state index contributed by atoms with van der Waals surface area (Å²) in [5.41, 5.74) is 0. The third-order valence-electron chi connectivity index (χ3n) is 0. The van der Waals surface area contributed by atoms with Gasteiger partial charge in [0.05, 0.1) is 0 Å². The molecule has 1 radical (unpaired) electrons. The van der Waals surface area contributed by atoms with E-state index in [0.717, 1.165) is 0 Å². The van der Waals surface area contributed by atoms with Crippen LogP contribution in [0.15, 0.2) is 0 Å². The first-order valence-corrected chi connectivity index (χ1v) is 3.86. The van der Waals surface area contributed by atoms with E-state index in [1.54, 1.807) is 11.8 Å². The van der Waals surface area contributed by atoms with Crippen molar-refractivity contribution >= 4 is 11.8 Å². The molecule has 2 heteroatoms. The van der Waals surface area contributed by atoms with Crippen LogP contribution in [-0.2, 0) is 18.6 Å². The Morgan fingerprint density at radius 1 is 0.526 bits per heavy atom. The van der Waals surface area contributed by atoms with Gasteiger partial charge < -0.3 is 14.9 Å². The minimum Gasteiger partial charge on any atom is -0.358 e. The second kappa shape index (κ2) is 707. The Bertz CT molecular complexity index is 13.2. The number of rotatable bonds is 0. The van der Waals surface area contributed by atoms with E-state index in [1.165, 1.54) is 6.42 Å². The summed E-state index contributed by atoms with van der Waals surface area (Å²) in [7, 11) is 0. The molecule has 0 aliphatic rings. The van der Waals surface area contributed by atoms with Crippen LogP contribution in [0.5, 0.6) is 0 Å². The molecule has 0 aromatic heterocycles. The molecule has 0 rings (SSSR count). The molecule has 19 heavy (non-hydrogen) atoms. The maximum Gasteiger partial charge on any atom is 2.00 e. The summed E-state index contributed by atoms with van der Waals surface area (Å²) in [5.74, 6) is 0. The first kappa shape index (κ1) is 294. The fraction of sp³-hybridized carbons (Fsp3) is 0.882. The standard InChI is InChI=1S/C3H8.C2H6S.10CH4.2CH3.V/c2*1-3-2;;;;;;;;;;;;;/h3H2,1-2H3;1-2H3;10*1H4;2*1H3;/q;;;;;;;;;;;;2*-1;+2. The first-order chi connectivity index (χ1) is 2.83. The zero-order valence-electron chi connectivity index (χ0n) is 7.56. The summed E-state index contributed by atoms with van der Waals surface area (Å²) < 4.78 is 0. The molecule has 0 aliphatic carbocycles. The Labute approximate surface area is 152 Å². The quantitative estimate of drug-likeness (QED) is 0.393. The molecular weight excluding hydrogens is 287 g/mol. The van der Waals surface area contributed by atoms with Crippen LogP contribution >= 0.6 is 11.8 Å². The predicted octanol–water partition coefficient (Wildman–Crippen LogP) is 9.65. The van der Waals surface area contributed by atoms with Gasteiger partial charge in [-0.25, -0.2) is 0 Å². The van der Waals surface area contributed by atoms with Gasteiger partial charge in [-0.15, -0.1) is 0 Å². The van der Waals surface area contributed by atoms with Crippen LogP contribution in [0.3, 0.4) is 0 Å². The second-order valence-electron chi connectivity index (χ2n) is 1.12. The van der Waals surface area contributed by atoms with Crippen LogP contribution in [0.1, 0.15) is 94.5 Å². The summed E-state index contributed by atoms with van der Waals surface area (Å²) >= 11 is 1.75. The smallest absolute Gasteiger partial charge is 0.358 e. The van der Waals surface area contributed by atoms with Gasteiger partial charge in [-0.05, 0) is 12.5 Å². The zero-order chi connectivity index (χ0) is 5.41. The van der Waals surface area contributed by atoms with E-state index in [4.69, 9.17) is 0 Å². The fourth-order valence-corrected chi connectivity index (χ4v) is 0. The van der Waals surface area contributed by atoms with Crippen LogP contribution in [0.2, 0.25) is 0 Å². The van der Waals surface area contributed by atoms with Crippen LogP contribution in [0.4, 0.5) is 0 Å². The van der Waals surface area contributed by atoms with Crippen molar-refractivity contribution in [3.05, 3.63) is 14.9 Å². The average Bonchev–Trinajstić information content (AvgIpc) is 1.39. The largest absolute Gasteiger partial charge is 2.00 e. The van der Waals surface area contributed by atoms with E-state index in [1.807, 2.05) is 12.5 Å². The summed E-state index contributed by atoms with van der Waals surface area (Å²) in [4.78, 5) is 0. The van der Waals surface area contributed by atoms with Crippen LogP contribution < -0.4 is 0 Å². The predicted molar refractivity (Wildman–Crippen MR) is 116 cm³/mol. The van der Waals surface area contributed by atoms with Crippen molar-refractivity contribution < 1.29 is 18.6 Å². The molecule has 0 aliphatic heterocycles. The average molecular weight is 348 g/mol. The molecule has 0 heterocycles. The van der Waals surface area contributed by atoms with E-state index in [0.29, 0.717) is 0 Å². The molecule has 0 unspecified atom stereocenters. The molecule has 0 aromatic carbocycles. The first-order valence-electron chi connectivity index (χ1n) is 2.23. The van der Waals surface area contributed by atoms with Crippen molar-refractivity contribution in [2.45, 2.75) is 94.5 Å². The molecule has 0 amide bonds. The summed E-state index contributed by atoms with van der Waals surface area (Å²) in [6.45, 7) is 4.25. The van der Waals surface area contributed by atoms with Crippen molar-refractivity contribution in [3.63, 3.8) is 0 Å². The van der Waals surface area contributed by atoms with Gasteiger partial charge in [0.2, 0.25) is 0 Å². The minimum atomic E-state index is 0. The van der Waals surface area contributed by atoms with Gasteiger partial charge in [-0.1, -0.05) is 94.5 Å². The molecule has 0 N–H and O–H groups in total. The Morgan fingerprint density at radius 3 is 0.526 bits per heavy atom. The maximum atomic E-state index is 2.12. The SMILES string of the molecule is C.C.C.C.C.C.C.C.C.C.CCC.CSC.[CH3-].[CH3-].[V+2]. The van der Waals surface area contributed by atoms with E-state index in [9.17, 15) is 0 Å². The van der Waals surface area contributed by atoms with Gasteiger partial charge in [-0.2, -0.15) is 11.8 Å². The fourth-order valence-electron chi connectivity index (χ4n) is 0. The van der Waals surface area contributed by atoms with Crippen LogP contribution in [0, 0.1) is 14.9 Å². The van der Waals surface area contributed by atoms with Crippen molar-refractivity contribution in [2.24, 2.45) is 0 Å². The molecule has 0 aromatic rings. The topological polar surface area (TPSA) is 0 Å². The Balaban J connectivity index is -0.000000000769. The second-order valence-corrected chi connectivity index (χ2v) is 1.93. The Kier molecular flexibility index (Phi) is 10900. The number of hydrogen-bond donors (Lipinski definition) is 0. The van der Waals surface area contributed by atoms with Crippen molar-refractivity contribution in [1.29, 1.82) is 0 Å². The minimum absolute atomic E-state index is 0. The molecule has 0 bridgehead atoms. The molecule has 139 valence electrons. The normalized spacial score (nSPS) is 1.89. The third kappa shape index (κ3) is 6220. The monoisotopic (exact) mass is 347 g/mol. The van der Waals surface area contributed by atoms with Gasteiger partial charge in [0.15, 0.2) is 0 Å². The van der Waals surface area contributed by atoms with Crippen molar-refractivity contribution in [3.8, 4) is 0 Å². The van der Waals surface area contributed by atoms with Crippen molar-refractivity contribution in [2.75, 3.05) is 12.5 Å². The Morgan fingerprint density at radius 2 is 0.526 bits per heavy atom. The molecule has 0 saturated heterocycles. The molecule has 0 atom stereocenters. The molecule has 0 fully saturated rings. The van der Waals surface area contributed by atoms with E-state index in [2.05, 4.69) is 13.8 Å². The third-order valence-corrected chi connectivity index (χ3v) is 0. The van der Waals surface area contributed by atoms with Crippen LogP contribution in [0.25, 0.3) is 0 Å². The molecule has 0 spiro atoms. The molecule has 0 nitrogen and oxygen atoms in total. The maximum absolute atomic E-state index is 2.12. The zero-order valence-corrected chi connectivity index (χ0v) is 9.78. The van der Waals surface area contributed by atoms with E-state index < -0.39 is 0 Å². The molecule has 0 saturated carbocycles. The van der Waals surface area contributed by atoms with Crippen molar-refractivity contribution in [1.82, 2.24) is 0 Å². The van der Waals surface area contributed by atoms with E-state index in [-0.39, 0.29) is 108 Å². The van der Waals surface area contributed by atoms with Gasteiger partial charge in [0.25, 0.3) is 0 Å². The number of hydrogen-bond acceptors (Lipinski definition) is 1. The van der Waals surface area contributed by atoms with Gasteiger partial charge >= 0.3 is 18.6 Å².